The summed E-state index contributed by atoms with van der Waals surface area (Å²) in [4.78, 5) is 31.1. The number of nitrogens with zero attached hydrogens (tertiary/aromatic N) is 2. The maximum Gasteiger partial charge on any atom is 0.274 e. The van der Waals surface area contributed by atoms with E-state index < -0.39 is 6.10 Å². The van der Waals surface area contributed by atoms with Crippen molar-refractivity contribution in [3.8, 4) is 5.75 Å². The normalized spacial score (nSPS) is 15.9. The highest BCUT2D eigenvalue weighted by Gasteiger charge is 2.36. The van der Waals surface area contributed by atoms with Crippen molar-refractivity contribution in [2.75, 3.05) is 18.0 Å². The van der Waals surface area contributed by atoms with Gasteiger partial charge in [0.05, 0.1) is 0 Å². The topological polar surface area (TPSA) is 71.5 Å². The Balaban J connectivity index is 1.65. The van der Waals surface area contributed by atoms with Gasteiger partial charge < -0.3 is 10.1 Å². The molecule has 0 unspecified atom stereocenters. The molecule has 148 valence electrons. The van der Waals surface area contributed by atoms with E-state index in [-0.39, 0.29) is 11.8 Å². The number of benzene rings is 1. The average molecular weight is 381 g/mol. The van der Waals surface area contributed by atoms with Gasteiger partial charge in [-0.3, -0.25) is 14.5 Å². The molecular formula is C22H27N3O3. The number of pyridine rings is 1. The average Bonchev–Trinajstić information content (AvgIpc) is 2.69. The minimum absolute atomic E-state index is 0.0159. The first-order chi connectivity index (χ1) is 13.6. The molecule has 2 aromatic rings. The molecule has 0 radical (unpaired) electrons. The molecule has 0 saturated carbocycles. The van der Waals surface area contributed by atoms with E-state index in [9.17, 15) is 9.59 Å². The molecule has 6 nitrogen and oxygen atoms in total. The zero-order valence-corrected chi connectivity index (χ0v) is 16.4. The van der Waals surface area contributed by atoms with Crippen LogP contribution in [0, 0.1) is 5.92 Å². The minimum atomic E-state index is -0.697. The van der Waals surface area contributed by atoms with Gasteiger partial charge in [0.15, 0.2) is 11.6 Å². The highest BCUT2D eigenvalue weighted by atomic mass is 16.5. The molecule has 6 heteroatoms. The van der Waals surface area contributed by atoms with Crippen LogP contribution in [-0.2, 0) is 9.59 Å². The summed E-state index contributed by atoms with van der Waals surface area (Å²) in [6.07, 6.45) is 2.85. The van der Waals surface area contributed by atoms with Gasteiger partial charge in [-0.2, -0.15) is 0 Å². The summed E-state index contributed by atoms with van der Waals surface area (Å²) in [6.45, 7) is 5.37. The van der Waals surface area contributed by atoms with Crippen molar-refractivity contribution < 1.29 is 14.3 Å². The number of carbonyl (C=O) groups is 2. The third kappa shape index (κ3) is 4.88. The van der Waals surface area contributed by atoms with E-state index in [1.54, 1.807) is 17.2 Å². The molecule has 28 heavy (non-hydrogen) atoms. The second-order valence-corrected chi connectivity index (χ2v) is 7.36. The third-order valence-corrected chi connectivity index (χ3v) is 4.67. The van der Waals surface area contributed by atoms with Crippen molar-refractivity contribution in [1.82, 2.24) is 10.3 Å². The van der Waals surface area contributed by atoms with Gasteiger partial charge in [-0.25, -0.2) is 4.98 Å². The van der Waals surface area contributed by atoms with Gasteiger partial charge in [0, 0.05) is 31.3 Å². The van der Waals surface area contributed by atoms with E-state index in [2.05, 4.69) is 24.1 Å². The van der Waals surface area contributed by atoms with Gasteiger partial charge in [-0.1, -0.05) is 44.2 Å². The molecule has 2 amide bonds. The standard InChI is InChI=1S/C22H27N3O3/c1-16(2)12-14-23-19(26)11-7-15-25-21-18(10-6-13-24-21)28-20(22(25)27)17-8-4-3-5-9-17/h3-6,8-10,13,16,20H,7,11-12,14-15H2,1-2H3,(H,23,26)/t20-/m1/s1. The fraction of sp³-hybridized carbons (Fsp3) is 0.409. The SMILES string of the molecule is CC(C)CCNC(=O)CCCN1C(=O)[C@@H](c2ccccc2)Oc2cccnc21. The largest absolute Gasteiger partial charge is 0.472 e. The molecular weight excluding hydrogens is 354 g/mol. The quantitative estimate of drug-likeness (QED) is 0.760. The lowest BCUT2D eigenvalue weighted by Gasteiger charge is -2.33. The van der Waals surface area contributed by atoms with Crippen LogP contribution in [0.25, 0.3) is 0 Å². The van der Waals surface area contributed by atoms with Gasteiger partial charge in [-0.15, -0.1) is 0 Å². The second kappa shape index (κ2) is 9.35. The van der Waals surface area contributed by atoms with Crippen LogP contribution in [0.2, 0.25) is 0 Å². The lowest BCUT2D eigenvalue weighted by Crippen LogP contribution is -2.42. The van der Waals surface area contributed by atoms with Crippen LogP contribution >= 0.6 is 0 Å². The summed E-state index contributed by atoms with van der Waals surface area (Å²) >= 11 is 0. The molecule has 2 heterocycles. The number of anilines is 1. The van der Waals surface area contributed by atoms with Crippen LogP contribution in [0.1, 0.15) is 44.8 Å². The maximum absolute atomic E-state index is 13.1. The zero-order valence-electron chi connectivity index (χ0n) is 16.4. The molecule has 0 aliphatic carbocycles. The smallest absolute Gasteiger partial charge is 0.274 e. The molecule has 0 fully saturated rings. The summed E-state index contributed by atoms with van der Waals surface area (Å²) in [5.74, 6) is 1.51. The molecule has 0 saturated heterocycles. The Kier molecular flexibility index (Phi) is 6.63. The van der Waals surface area contributed by atoms with E-state index in [1.807, 2.05) is 36.4 Å². The fourth-order valence-corrected chi connectivity index (χ4v) is 3.14. The lowest BCUT2D eigenvalue weighted by atomic mass is 10.1. The number of ether oxygens (including phenoxy) is 1. The first-order valence-corrected chi connectivity index (χ1v) is 9.81. The van der Waals surface area contributed by atoms with Crippen molar-refractivity contribution >= 4 is 17.6 Å². The van der Waals surface area contributed by atoms with E-state index in [4.69, 9.17) is 4.74 Å². The minimum Gasteiger partial charge on any atom is -0.472 e. The number of nitrogens with one attached hydrogen (secondary N) is 1. The number of hydrogen-bond acceptors (Lipinski definition) is 4. The Morgan fingerprint density at radius 1 is 1.21 bits per heavy atom. The number of rotatable bonds is 8. The molecule has 1 N–H and O–H groups in total. The van der Waals surface area contributed by atoms with Gasteiger partial charge in [0.2, 0.25) is 12.0 Å². The number of fused-ring (bicyclic) bond motifs is 1. The second-order valence-electron chi connectivity index (χ2n) is 7.36. The molecule has 0 bridgehead atoms. The van der Waals surface area contributed by atoms with Crippen LogP contribution in [0.3, 0.4) is 0 Å². The van der Waals surface area contributed by atoms with E-state index in [1.165, 1.54) is 0 Å². The van der Waals surface area contributed by atoms with Gasteiger partial charge >= 0.3 is 0 Å². The predicted molar refractivity (Wildman–Crippen MR) is 108 cm³/mol. The van der Waals surface area contributed by atoms with Gasteiger partial charge in [0.1, 0.15) is 0 Å². The fourth-order valence-electron chi connectivity index (χ4n) is 3.14. The third-order valence-electron chi connectivity index (χ3n) is 4.67. The first-order valence-electron chi connectivity index (χ1n) is 9.81. The zero-order chi connectivity index (χ0) is 19.9. The summed E-state index contributed by atoms with van der Waals surface area (Å²) in [7, 11) is 0. The van der Waals surface area contributed by atoms with Crippen molar-refractivity contribution in [2.45, 2.75) is 39.2 Å². The van der Waals surface area contributed by atoms with Gasteiger partial charge in [0.25, 0.3) is 5.91 Å². The Labute approximate surface area is 165 Å². The van der Waals surface area contributed by atoms with Crippen LogP contribution in [0.5, 0.6) is 5.75 Å². The predicted octanol–water partition coefficient (Wildman–Crippen LogP) is 3.49. The summed E-state index contributed by atoms with van der Waals surface area (Å²) in [5, 5.41) is 2.93. The number of carbonyl (C=O) groups excluding carboxylic acids is 2. The Morgan fingerprint density at radius 3 is 2.75 bits per heavy atom. The van der Waals surface area contributed by atoms with Crippen LogP contribution in [0.15, 0.2) is 48.7 Å². The lowest BCUT2D eigenvalue weighted by molar-refractivity contribution is -0.127. The highest BCUT2D eigenvalue weighted by molar-refractivity contribution is 5.99. The summed E-state index contributed by atoms with van der Waals surface area (Å²) in [5.41, 5.74) is 0.804. The first kappa shape index (κ1) is 19.9. The number of aromatic nitrogens is 1. The molecule has 1 aliphatic rings. The maximum atomic E-state index is 13.1. The van der Waals surface area contributed by atoms with E-state index >= 15 is 0 Å². The van der Waals surface area contributed by atoms with Crippen molar-refractivity contribution in [3.05, 3.63) is 54.2 Å². The number of amides is 2. The number of hydrogen-bond donors (Lipinski definition) is 1. The molecule has 1 aliphatic heterocycles. The summed E-state index contributed by atoms with van der Waals surface area (Å²) in [6, 6.07) is 13.0. The highest BCUT2D eigenvalue weighted by Crippen LogP contribution is 2.37. The van der Waals surface area contributed by atoms with Crippen molar-refractivity contribution in [3.63, 3.8) is 0 Å². The summed E-state index contributed by atoms with van der Waals surface area (Å²) < 4.78 is 5.93. The molecule has 1 aromatic heterocycles. The van der Waals surface area contributed by atoms with Crippen LogP contribution in [-0.4, -0.2) is 29.9 Å². The molecule has 1 aromatic carbocycles. The molecule has 1 atom stereocenters. The Hall–Kier alpha value is -2.89. The molecule has 3 rings (SSSR count). The van der Waals surface area contributed by atoms with Crippen LogP contribution < -0.4 is 15.0 Å². The van der Waals surface area contributed by atoms with Crippen molar-refractivity contribution in [1.29, 1.82) is 0 Å². The van der Waals surface area contributed by atoms with E-state index in [0.29, 0.717) is 43.4 Å². The Bertz CT molecular complexity index is 808. The van der Waals surface area contributed by atoms with Gasteiger partial charge in [-0.05, 0) is 30.9 Å². The monoisotopic (exact) mass is 381 g/mol. The van der Waals surface area contributed by atoms with Crippen molar-refractivity contribution in [2.24, 2.45) is 5.92 Å². The van der Waals surface area contributed by atoms with E-state index in [0.717, 1.165) is 12.0 Å². The van der Waals surface area contributed by atoms with Crippen LogP contribution in [0.4, 0.5) is 5.82 Å². The Morgan fingerprint density at radius 2 is 2.00 bits per heavy atom. The molecule has 0 spiro atoms.